The van der Waals surface area contributed by atoms with Gasteiger partial charge in [-0.05, 0) is 0 Å². The Morgan fingerprint density at radius 2 is 2.00 bits per heavy atom. The predicted octanol–water partition coefficient (Wildman–Crippen LogP) is 2.00. The first kappa shape index (κ1) is 11.0. The van der Waals surface area contributed by atoms with Crippen molar-refractivity contribution in [2.75, 3.05) is 6.54 Å². The van der Waals surface area contributed by atoms with Gasteiger partial charge < -0.3 is 11.5 Å². The first-order chi connectivity index (χ1) is 6.07. The maximum atomic E-state index is 5.86. The van der Waals surface area contributed by atoms with E-state index in [2.05, 4.69) is 4.98 Å². The second kappa shape index (κ2) is 4.44. The second-order valence-corrected chi connectivity index (χ2v) is 3.61. The van der Waals surface area contributed by atoms with Crippen LogP contribution in [0, 0.1) is 0 Å². The molecule has 1 atom stereocenters. The van der Waals surface area contributed by atoms with Crippen LogP contribution in [-0.2, 0) is 0 Å². The molecule has 0 bridgehead atoms. The molecular formula is C7H8Cl3N3. The maximum Gasteiger partial charge on any atom is 0.148 e. The highest BCUT2D eigenvalue weighted by Crippen LogP contribution is 2.32. The van der Waals surface area contributed by atoms with Gasteiger partial charge in [0.25, 0.3) is 0 Å². The number of hydrogen-bond donors (Lipinski definition) is 2. The van der Waals surface area contributed by atoms with Gasteiger partial charge in [0.15, 0.2) is 0 Å². The molecule has 4 N–H and O–H groups in total. The molecule has 1 aromatic heterocycles. The molecule has 0 fully saturated rings. The molecule has 72 valence electrons. The normalized spacial score (nSPS) is 13.0. The molecule has 0 saturated heterocycles. The standard InChI is InChI=1S/C7H8Cl3N3/c8-3-2-13-7(10)6(9)5(3)4(12)1-11/h2,4H,1,11-12H2. The Kier molecular flexibility index (Phi) is 3.76. The van der Waals surface area contributed by atoms with Crippen molar-refractivity contribution in [3.63, 3.8) is 0 Å². The molecule has 0 aromatic carbocycles. The molecule has 0 amide bonds. The minimum Gasteiger partial charge on any atom is -0.329 e. The topological polar surface area (TPSA) is 64.9 Å². The summed E-state index contributed by atoms with van der Waals surface area (Å²) >= 11 is 17.4. The third-order valence-electron chi connectivity index (χ3n) is 1.59. The van der Waals surface area contributed by atoms with Crippen LogP contribution < -0.4 is 11.5 Å². The fourth-order valence-electron chi connectivity index (χ4n) is 0.913. The lowest BCUT2D eigenvalue weighted by Gasteiger charge is -2.13. The van der Waals surface area contributed by atoms with Crippen LogP contribution in [0.2, 0.25) is 15.2 Å². The van der Waals surface area contributed by atoms with Crippen molar-refractivity contribution >= 4 is 34.8 Å². The van der Waals surface area contributed by atoms with Crippen LogP contribution in [0.15, 0.2) is 6.20 Å². The van der Waals surface area contributed by atoms with E-state index in [-0.39, 0.29) is 16.7 Å². The van der Waals surface area contributed by atoms with Gasteiger partial charge in [-0.3, -0.25) is 0 Å². The van der Waals surface area contributed by atoms with Crippen molar-refractivity contribution in [3.8, 4) is 0 Å². The summed E-state index contributed by atoms with van der Waals surface area (Å²) in [5.41, 5.74) is 11.6. The number of pyridine rings is 1. The summed E-state index contributed by atoms with van der Waals surface area (Å²) in [6.45, 7) is 0.250. The fraction of sp³-hybridized carbons (Fsp3) is 0.286. The smallest absolute Gasteiger partial charge is 0.148 e. The molecule has 1 rings (SSSR count). The first-order valence-electron chi connectivity index (χ1n) is 3.53. The molecule has 0 aliphatic carbocycles. The number of nitrogens with zero attached hydrogens (tertiary/aromatic N) is 1. The van der Waals surface area contributed by atoms with E-state index in [0.717, 1.165) is 0 Å². The van der Waals surface area contributed by atoms with Crippen molar-refractivity contribution in [2.24, 2.45) is 11.5 Å². The van der Waals surface area contributed by atoms with Gasteiger partial charge in [0.2, 0.25) is 0 Å². The van der Waals surface area contributed by atoms with E-state index in [1.54, 1.807) is 0 Å². The third-order valence-corrected chi connectivity index (χ3v) is 2.66. The zero-order valence-electron chi connectivity index (χ0n) is 6.60. The Hall–Kier alpha value is -0.0600. The van der Waals surface area contributed by atoms with E-state index >= 15 is 0 Å². The lowest BCUT2D eigenvalue weighted by atomic mass is 10.1. The molecule has 1 unspecified atom stereocenters. The number of hydrogen-bond acceptors (Lipinski definition) is 3. The summed E-state index contributed by atoms with van der Waals surface area (Å²) in [6.07, 6.45) is 1.40. The Morgan fingerprint density at radius 1 is 1.38 bits per heavy atom. The molecule has 0 aliphatic heterocycles. The largest absolute Gasteiger partial charge is 0.329 e. The van der Waals surface area contributed by atoms with Crippen molar-refractivity contribution in [3.05, 3.63) is 27.0 Å². The molecule has 1 aromatic rings. The van der Waals surface area contributed by atoms with E-state index in [0.29, 0.717) is 10.6 Å². The van der Waals surface area contributed by atoms with Crippen LogP contribution in [0.4, 0.5) is 0 Å². The third kappa shape index (κ3) is 2.24. The Morgan fingerprint density at radius 3 is 2.54 bits per heavy atom. The van der Waals surface area contributed by atoms with Crippen molar-refractivity contribution in [1.29, 1.82) is 0 Å². The Bertz CT molecular complexity index is 316. The van der Waals surface area contributed by atoms with E-state index in [9.17, 15) is 0 Å². The highest BCUT2D eigenvalue weighted by atomic mass is 35.5. The van der Waals surface area contributed by atoms with Crippen LogP contribution in [0.5, 0.6) is 0 Å². The molecule has 3 nitrogen and oxygen atoms in total. The zero-order valence-corrected chi connectivity index (χ0v) is 8.87. The molecule has 0 radical (unpaired) electrons. The zero-order chi connectivity index (χ0) is 10.0. The second-order valence-electron chi connectivity index (χ2n) is 2.47. The molecule has 6 heteroatoms. The van der Waals surface area contributed by atoms with Gasteiger partial charge in [-0.1, -0.05) is 34.8 Å². The van der Waals surface area contributed by atoms with Crippen molar-refractivity contribution in [2.45, 2.75) is 6.04 Å². The van der Waals surface area contributed by atoms with Gasteiger partial charge in [0.05, 0.1) is 10.0 Å². The van der Waals surface area contributed by atoms with Gasteiger partial charge >= 0.3 is 0 Å². The van der Waals surface area contributed by atoms with E-state index in [1.807, 2.05) is 0 Å². The maximum absolute atomic E-state index is 5.86. The van der Waals surface area contributed by atoms with Crippen molar-refractivity contribution in [1.82, 2.24) is 4.98 Å². The highest BCUT2D eigenvalue weighted by molar-refractivity contribution is 6.43. The summed E-state index contributed by atoms with van der Waals surface area (Å²) in [6, 6.07) is -0.416. The monoisotopic (exact) mass is 239 g/mol. The van der Waals surface area contributed by atoms with Crippen LogP contribution >= 0.6 is 34.8 Å². The summed E-state index contributed by atoms with van der Waals surface area (Å²) in [5, 5.41) is 0.837. The SMILES string of the molecule is NCC(N)c1c(Cl)cnc(Cl)c1Cl. The molecular weight excluding hydrogens is 232 g/mol. The minimum absolute atomic E-state index is 0.185. The summed E-state index contributed by atoms with van der Waals surface area (Å²) in [7, 11) is 0. The molecule has 13 heavy (non-hydrogen) atoms. The molecule has 0 saturated carbocycles. The number of aromatic nitrogens is 1. The first-order valence-corrected chi connectivity index (χ1v) is 4.66. The average Bonchev–Trinajstić information content (AvgIpc) is 2.12. The van der Waals surface area contributed by atoms with Crippen molar-refractivity contribution < 1.29 is 0 Å². The van der Waals surface area contributed by atoms with Crippen LogP contribution in [0.25, 0.3) is 0 Å². The molecule has 1 heterocycles. The van der Waals surface area contributed by atoms with Gasteiger partial charge in [-0.15, -0.1) is 0 Å². The van der Waals surface area contributed by atoms with Gasteiger partial charge in [0, 0.05) is 24.3 Å². The van der Waals surface area contributed by atoms with Gasteiger partial charge in [0.1, 0.15) is 5.15 Å². The van der Waals surface area contributed by atoms with Gasteiger partial charge in [-0.25, -0.2) is 4.98 Å². The van der Waals surface area contributed by atoms with Crippen LogP contribution in [0.3, 0.4) is 0 Å². The lowest BCUT2D eigenvalue weighted by molar-refractivity contribution is 0.736. The van der Waals surface area contributed by atoms with E-state index in [4.69, 9.17) is 46.3 Å². The number of nitrogens with two attached hydrogens (primary N) is 2. The Balaban J connectivity index is 3.25. The Labute approximate surface area is 91.0 Å². The minimum atomic E-state index is -0.416. The average molecular weight is 241 g/mol. The fourth-order valence-corrected chi connectivity index (χ4v) is 1.69. The van der Waals surface area contributed by atoms with E-state index < -0.39 is 6.04 Å². The van der Waals surface area contributed by atoms with Crippen LogP contribution in [-0.4, -0.2) is 11.5 Å². The summed E-state index contributed by atoms with van der Waals surface area (Å²) in [5.74, 6) is 0. The predicted molar refractivity (Wildman–Crippen MR) is 55.2 cm³/mol. The molecule has 0 spiro atoms. The van der Waals surface area contributed by atoms with Gasteiger partial charge in [-0.2, -0.15) is 0 Å². The number of rotatable bonds is 2. The van der Waals surface area contributed by atoms with E-state index in [1.165, 1.54) is 6.20 Å². The lowest BCUT2D eigenvalue weighted by Crippen LogP contribution is -2.21. The number of halogens is 3. The summed E-state index contributed by atoms with van der Waals surface area (Å²) in [4.78, 5) is 3.76. The molecule has 0 aliphatic rings. The highest BCUT2D eigenvalue weighted by Gasteiger charge is 2.15. The summed E-state index contributed by atoms with van der Waals surface area (Å²) < 4.78 is 0. The quantitative estimate of drug-likeness (QED) is 0.777. The van der Waals surface area contributed by atoms with Crippen LogP contribution in [0.1, 0.15) is 11.6 Å².